The van der Waals surface area contributed by atoms with Crippen molar-refractivity contribution in [3.63, 3.8) is 0 Å². The van der Waals surface area contributed by atoms with Crippen LogP contribution < -0.4 is 10.6 Å². The molecule has 0 bridgehead atoms. The first-order valence-electron chi connectivity index (χ1n) is 8.50. The Balaban J connectivity index is 0.00000117. The van der Waals surface area contributed by atoms with Gasteiger partial charge in [0.25, 0.3) is 5.91 Å². The quantitative estimate of drug-likeness (QED) is 0.745. The maximum Gasteiger partial charge on any atom is 0.251 e. The summed E-state index contributed by atoms with van der Waals surface area (Å²) >= 11 is 0. The van der Waals surface area contributed by atoms with E-state index in [0.29, 0.717) is 11.5 Å². The third-order valence-corrected chi connectivity index (χ3v) is 3.59. The minimum absolute atomic E-state index is 0.136. The van der Waals surface area contributed by atoms with Gasteiger partial charge in [-0.3, -0.25) is 9.78 Å². The Morgan fingerprint density at radius 3 is 2.58 bits per heavy atom. The third-order valence-electron chi connectivity index (χ3n) is 3.59. The molecule has 1 aromatic carbocycles. The number of carbonyl (C=O) groups excluding carboxylic acids is 1. The molecule has 0 fully saturated rings. The first kappa shape index (κ1) is 19.1. The van der Waals surface area contributed by atoms with Crippen molar-refractivity contribution in [3.8, 4) is 11.3 Å². The fourth-order valence-corrected chi connectivity index (χ4v) is 2.26. The fourth-order valence-electron chi connectivity index (χ4n) is 2.26. The molecule has 2 heterocycles. The van der Waals surface area contributed by atoms with Crippen LogP contribution in [0.15, 0.2) is 55.0 Å². The van der Waals surface area contributed by atoms with Crippen LogP contribution in [0.3, 0.4) is 0 Å². The van der Waals surface area contributed by atoms with Crippen molar-refractivity contribution in [3.05, 3.63) is 66.1 Å². The second-order valence-corrected chi connectivity index (χ2v) is 5.24. The van der Waals surface area contributed by atoms with Gasteiger partial charge in [-0.15, -0.1) is 0 Å². The zero-order chi connectivity index (χ0) is 18.9. The molecule has 2 N–H and O–H groups in total. The molecule has 0 unspecified atom stereocenters. The number of nitrogens with one attached hydrogen (secondary N) is 2. The minimum Gasteiger partial charge on any atom is -0.355 e. The lowest BCUT2D eigenvalue weighted by Gasteiger charge is -2.11. The van der Waals surface area contributed by atoms with Gasteiger partial charge in [0.1, 0.15) is 0 Å². The summed E-state index contributed by atoms with van der Waals surface area (Å²) in [5, 5.41) is 5.80. The highest BCUT2D eigenvalue weighted by atomic mass is 16.1. The summed E-state index contributed by atoms with van der Waals surface area (Å²) in [6.45, 7) is 5.96. The summed E-state index contributed by atoms with van der Waals surface area (Å²) in [7, 11) is 1.61. The van der Waals surface area contributed by atoms with E-state index >= 15 is 0 Å². The number of benzene rings is 1. The first-order chi connectivity index (χ1) is 12.7. The van der Waals surface area contributed by atoms with Gasteiger partial charge in [0, 0.05) is 42.5 Å². The topological polar surface area (TPSA) is 79.8 Å². The molecular formula is C20H23N5O. The van der Waals surface area contributed by atoms with E-state index in [1.54, 1.807) is 37.8 Å². The molecule has 134 valence electrons. The van der Waals surface area contributed by atoms with Gasteiger partial charge in [-0.25, -0.2) is 9.97 Å². The van der Waals surface area contributed by atoms with Crippen molar-refractivity contribution >= 4 is 17.5 Å². The van der Waals surface area contributed by atoms with Gasteiger partial charge in [-0.1, -0.05) is 19.9 Å². The molecule has 3 rings (SSSR count). The number of rotatable bonds is 4. The Kier molecular flexibility index (Phi) is 6.79. The summed E-state index contributed by atoms with van der Waals surface area (Å²) in [5.41, 5.74) is 4.06. The third kappa shape index (κ3) is 4.63. The summed E-state index contributed by atoms with van der Waals surface area (Å²) in [6, 6.07) is 11.1. The van der Waals surface area contributed by atoms with E-state index in [1.807, 2.05) is 45.0 Å². The predicted molar refractivity (Wildman–Crippen MR) is 104 cm³/mol. The van der Waals surface area contributed by atoms with Gasteiger partial charge in [0.05, 0.1) is 5.69 Å². The van der Waals surface area contributed by atoms with Crippen molar-refractivity contribution in [2.24, 2.45) is 0 Å². The van der Waals surface area contributed by atoms with Gasteiger partial charge >= 0.3 is 0 Å². The van der Waals surface area contributed by atoms with E-state index in [1.165, 1.54) is 0 Å². The average Bonchev–Trinajstić information content (AvgIpc) is 2.71. The zero-order valence-electron chi connectivity index (χ0n) is 15.4. The Morgan fingerprint density at radius 2 is 1.88 bits per heavy atom. The van der Waals surface area contributed by atoms with Crippen molar-refractivity contribution in [2.45, 2.75) is 20.8 Å². The van der Waals surface area contributed by atoms with Crippen LogP contribution in [-0.2, 0) is 0 Å². The average molecular weight is 349 g/mol. The number of aryl methyl sites for hydroxylation is 1. The van der Waals surface area contributed by atoms with Gasteiger partial charge in [-0.05, 0) is 42.8 Å². The molecule has 0 aliphatic heterocycles. The van der Waals surface area contributed by atoms with Crippen molar-refractivity contribution in [1.82, 2.24) is 20.3 Å². The van der Waals surface area contributed by atoms with Gasteiger partial charge < -0.3 is 10.6 Å². The van der Waals surface area contributed by atoms with E-state index < -0.39 is 0 Å². The number of anilines is 2. The van der Waals surface area contributed by atoms with Gasteiger partial charge in [-0.2, -0.15) is 0 Å². The number of nitrogens with zero attached hydrogens (tertiary/aromatic N) is 3. The monoisotopic (exact) mass is 349 g/mol. The van der Waals surface area contributed by atoms with Crippen LogP contribution in [0.25, 0.3) is 11.3 Å². The molecule has 0 saturated carbocycles. The highest BCUT2D eigenvalue weighted by Gasteiger charge is 2.08. The van der Waals surface area contributed by atoms with Gasteiger partial charge in [0.15, 0.2) is 0 Å². The van der Waals surface area contributed by atoms with Crippen LogP contribution in [-0.4, -0.2) is 27.9 Å². The summed E-state index contributed by atoms with van der Waals surface area (Å²) < 4.78 is 0. The lowest BCUT2D eigenvalue weighted by atomic mass is 10.1. The number of carbonyl (C=O) groups is 1. The second kappa shape index (κ2) is 9.27. The molecule has 3 aromatic rings. The van der Waals surface area contributed by atoms with Crippen molar-refractivity contribution in [2.75, 3.05) is 12.4 Å². The van der Waals surface area contributed by atoms with E-state index in [2.05, 4.69) is 25.6 Å². The number of aromatic nitrogens is 3. The predicted octanol–water partition coefficient (Wildman–Crippen LogP) is 3.98. The van der Waals surface area contributed by atoms with Gasteiger partial charge in [0.2, 0.25) is 5.95 Å². The van der Waals surface area contributed by atoms with Crippen LogP contribution in [0.1, 0.15) is 29.8 Å². The molecule has 2 aromatic heterocycles. The number of hydrogen-bond donors (Lipinski definition) is 2. The first-order valence-corrected chi connectivity index (χ1v) is 8.50. The van der Waals surface area contributed by atoms with E-state index in [4.69, 9.17) is 0 Å². The van der Waals surface area contributed by atoms with Crippen LogP contribution in [0, 0.1) is 6.92 Å². The lowest BCUT2D eigenvalue weighted by molar-refractivity contribution is 0.0963. The second-order valence-electron chi connectivity index (χ2n) is 5.24. The fraction of sp³-hybridized carbons (Fsp3) is 0.200. The minimum atomic E-state index is -0.136. The summed E-state index contributed by atoms with van der Waals surface area (Å²) in [6.07, 6.45) is 5.16. The normalized spacial score (nSPS) is 9.69. The largest absolute Gasteiger partial charge is 0.355 e. The summed E-state index contributed by atoms with van der Waals surface area (Å²) in [4.78, 5) is 24.7. The Bertz CT molecular complexity index is 865. The molecule has 0 radical (unpaired) electrons. The van der Waals surface area contributed by atoms with Crippen LogP contribution in [0.5, 0.6) is 0 Å². The van der Waals surface area contributed by atoms with E-state index in [-0.39, 0.29) is 5.91 Å². The molecular weight excluding hydrogens is 326 g/mol. The van der Waals surface area contributed by atoms with Crippen molar-refractivity contribution in [1.29, 1.82) is 0 Å². The lowest BCUT2D eigenvalue weighted by Crippen LogP contribution is -2.17. The highest BCUT2D eigenvalue weighted by molar-refractivity contribution is 5.95. The molecule has 0 aliphatic carbocycles. The van der Waals surface area contributed by atoms with E-state index in [0.717, 1.165) is 22.5 Å². The number of amides is 1. The molecule has 1 amide bonds. The Hall–Kier alpha value is -3.28. The van der Waals surface area contributed by atoms with Crippen LogP contribution >= 0.6 is 0 Å². The Labute approximate surface area is 153 Å². The summed E-state index contributed by atoms with van der Waals surface area (Å²) in [5.74, 6) is 0.330. The zero-order valence-corrected chi connectivity index (χ0v) is 15.4. The standard InChI is InChI=1S/C18H17N5O.C2H6/c1-12-5-6-13(17(24)19-2)10-16(12)23-18-21-9-7-15(22-18)14-4-3-8-20-11-14;1-2/h3-11H,1-2H3,(H,19,24)(H,21,22,23);1-2H3. The molecule has 6 heteroatoms. The van der Waals surface area contributed by atoms with E-state index in [9.17, 15) is 4.79 Å². The molecule has 6 nitrogen and oxygen atoms in total. The molecule has 0 spiro atoms. The molecule has 26 heavy (non-hydrogen) atoms. The van der Waals surface area contributed by atoms with Crippen molar-refractivity contribution < 1.29 is 4.79 Å². The highest BCUT2D eigenvalue weighted by Crippen LogP contribution is 2.22. The smallest absolute Gasteiger partial charge is 0.251 e. The number of pyridine rings is 1. The van der Waals surface area contributed by atoms with Crippen LogP contribution in [0.2, 0.25) is 0 Å². The van der Waals surface area contributed by atoms with Crippen LogP contribution in [0.4, 0.5) is 11.6 Å². The molecule has 0 aliphatic rings. The molecule has 0 atom stereocenters. The molecule has 0 saturated heterocycles. The SMILES string of the molecule is CC.CNC(=O)c1ccc(C)c(Nc2nccc(-c3cccnc3)n2)c1. The maximum atomic E-state index is 11.8. The Morgan fingerprint density at radius 1 is 1.08 bits per heavy atom. The number of hydrogen-bond acceptors (Lipinski definition) is 5. The maximum absolute atomic E-state index is 11.8.